The van der Waals surface area contributed by atoms with Crippen molar-refractivity contribution in [3.8, 4) is 5.75 Å². The molecule has 1 fully saturated rings. The Hall–Kier alpha value is -1.11. The molecule has 0 aromatic heterocycles. The lowest BCUT2D eigenvalue weighted by Crippen LogP contribution is -2.27. The zero-order chi connectivity index (χ0) is 14.4. The van der Waals surface area contributed by atoms with Crippen molar-refractivity contribution in [1.82, 2.24) is 4.72 Å². The van der Waals surface area contributed by atoms with Crippen molar-refractivity contribution in [2.45, 2.75) is 30.6 Å². The molecule has 0 aliphatic heterocycles. The number of benzene rings is 1. The summed E-state index contributed by atoms with van der Waals surface area (Å²) in [6.45, 7) is 1.37. The highest BCUT2D eigenvalue weighted by Crippen LogP contribution is 2.28. The Balaban J connectivity index is 1.87. The van der Waals surface area contributed by atoms with Crippen molar-refractivity contribution in [3.63, 3.8) is 0 Å². The average Bonchev–Trinajstić information content (AvgIpc) is 2.40. The standard InChI is InChI=1S/C14H22N2O3S/c15-9-11-19-13-4-6-14(7-5-13)20(17,18)16-10-8-12-2-1-3-12/h4-7,12,16H,1-3,8-11,15H2. The third-order valence-corrected chi connectivity index (χ3v) is 5.07. The zero-order valence-electron chi connectivity index (χ0n) is 11.5. The molecule has 0 atom stereocenters. The minimum Gasteiger partial charge on any atom is -0.492 e. The van der Waals surface area contributed by atoms with Gasteiger partial charge in [0.2, 0.25) is 10.0 Å². The molecule has 3 N–H and O–H groups in total. The molecule has 2 rings (SSSR count). The quantitative estimate of drug-likeness (QED) is 0.762. The molecular weight excluding hydrogens is 276 g/mol. The maximum atomic E-state index is 12.1. The smallest absolute Gasteiger partial charge is 0.240 e. The van der Waals surface area contributed by atoms with Gasteiger partial charge in [0.15, 0.2) is 0 Å². The fraction of sp³-hybridized carbons (Fsp3) is 0.571. The summed E-state index contributed by atoms with van der Waals surface area (Å²) in [5, 5.41) is 0. The van der Waals surface area contributed by atoms with Crippen LogP contribution in [-0.2, 0) is 10.0 Å². The maximum Gasteiger partial charge on any atom is 0.240 e. The van der Waals surface area contributed by atoms with E-state index in [0.717, 1.165) is 6.42 Å². The Morgan fingerprint density at radius 3 is 2.50 bits per heavy atom. The van der Waals surface area contributed by atoms with Gasteiger partial charge in [0.25, 0.3) is 0 Å². The molecule has 6 heteroatoms. The highest BCUT2D eigenvalue weighted by molar-refractivity contribution is 7.89. The fourth-order valence-electron chi connectivity index (χ4n) is 2.15. The van der Waals surface area contributed by atoms with E-state index >= 15 is 0 Å². The molecule has 1 aromatic rings. The summed E-state index contributed by atoms with van der Waals surface area (Å²) in [5.41, 5.74) is 5.34. The predicted molar refractivity (Wildman–Crippen MR) is 78.1 cm³/mol. The molecule has 0 unspecified atom stereocenters. The van der Waals surface area contributed by atoms with E-state index in [1.54, 1.807) is 24.3 Å². The number of hydrogen-bond donors (Lipinski definition) is 2. The van der Waals surface area contributed by atoms with Gasteiger partial charge in [-0.05, 0) is 36.6 Å². The summed E-state index contributed by atoms with van der Waals surface area (Å²) in [4.78, 5) is 0.270. The fourth-order valence-corrected chi connectivity index (χ4v) is 3.20. The lowest BCUT2D eigenvalue weighted by molar-refractivity contribution is 0.297. The van der Waals surface area contributed by atoms with Crippen molar-refractivity contribution < 1.29 is 13.2 Å². The van der Waals surface area contributed by atoms with Crippen LogP contribution in [0.3, 0.4) is 0 Å². The van der Waals surface area contributed by atoms with Crippen molar-refractivity contribution in [2.75, 3.05) is 19.7 Å². The minimum atomic E-state index is -3.41. The number of hydrogen-bond acceptors (Lipinski definition) is 4. The van der Waals surface area contributed by atoms with Crippen LogP contribution >= 0.6 is 0 Å². The van der Waals surface area contributed by atoms with Gasteiger partial charge in [-0.15, -0.1) is 0 Å². The number of nitrogens with one attached hydrogen (secondary N) is 1. The van der Waals surface area contributed by atoms with Crippen molar-refractivity contribution in [3.05, 3.63) is 24.3 Å². The van der Waals surface area contributed by atoms with E-state index in [0.29, 0.717) is 31.4 Å². The number of rotatable bonds is 8. The first-order chi connectivity index (χ1) is 9.62. The molecular formula is C14H22N2O3S. The molecule has 5 nitrogen and oxygen atoms in total. The first-order valence-electron chi connectivity index (χ1n) is 7.04. The number of ether oxygens (including phenoxy) is 1. The SMILES string of the molecule is NCCOc1ccc(S(=O)(=O)NCCC2CCC2)cc1. The molecule has 1 saturated carbocycles. The van der Waals surface area contributed by atoms with Gasteiger partial charge in [0, 0.05) is 13.1 Å². The first kappa shape index (κ1) is 15.3. The zero-order valence-corrected chi connectivity index (χ0v) is 12.4. The predicted octanol–water partition coefficient (Wildman–Crippen LogP) is 1.49. The summed E-state index contributed by atoms with van der Waals surface area (Å²) in [6, 6.07) is 6.40. The van der Waals surface area contributed by atoms with Gasteiger partial charge < -0.3 is 10.5 Å². The molecule has 1 aliphatic rings. The highest BCUT2D eigenvalue weighted by Gasteiger charge is 2.19. The largest absolute Gasteiger partial charge is 0.492 e. The molecule has 1 aromatic carbocycles. The number of nitrogens with two attached hydrogens (primary N) is 1. The third kappa shape index (κ3) is 4.19. The summed E-state index contributed by atoms with van der Waals surface area (Å²) in [5.74, 6) is 1.33. The van der Waals surface area contributed by atoms with Gasteiger partial charge in [-0.25, -0.2) is 13.1 Å². The topological polar surface area (TPSA) is 81.4 Å². The van der Waals surface area contributed by atoms with Crippen LogP contribution in [0.15, 0.2) is 29.2 Å². The molecule has 0 radical (unpaired) electrons. The molecule has 0 bridgehead atoms. The van der Waals surface area contributed by atoms with Crippen LogP contribution in [0.1, 0.15) is 25.7 Å². The molecule has 1 aliphatic carbocycles. The summed E-state index contributed by atoms with van der Waals surface area (Å²) in [7, 11) is -3.41. The molecule has 0 saturated heterocycles. The maximum absolute atomic E-state index is 12.1. The summed E-state index contributed by atoms with van der Waals surface area (Å²) >= 11 is 0. The first-order valence-corrected chi connectivity index (χ1v) is 8.53. The minimum absolute atomic E-state index is 0.270. The highest BCUT2D eigenvalue weighted by atomic mass is 32.2. The Bertz CT molecular complexity index is 510. The number of sulfonamides is 1. The van der Waals surface area contributed by atoms with Gasteiger partial charge in [-0.1, -0.05) is 19.3 Å². The van der Waals surface area contributed by atoms with Gasteiger partial charge in [0.05, 0.1) is 4.90 Å². The van der Waals surface area contributed by atoms with E-state index in [1.165, 1.54) is 19.3 Å². The van der Waals surface area contributed by atoms with E-state index in [1.807, 2.05) is 0 Å². The monoisotopic (exact) mass is 298 g/mol. The van der Waals surface area contributed by atoms with E-state index in [9.17, 15) is 8.42 Å². The Labute approximate surface area is 120 Å². The summed E-state index contributed by atoms with van der Waals surface area (Å²) < 4.78 is 32.1. The van der Waals surface area contributed by atoms with Gasteiger partial charge in [0.1, 0.15) is 12.4 Å². The van der Waals surface area contributed by atoms with Crippen molar-refractivity contribution >= 4 is 10.0 Å². The van der Waals surface area contributed by atoms with Gasteiger partial charge in [-0.3, -0.25) is 0 Å². The van der Waals surface area contributed by atoms with Crippen LogP contribution < -0.4 is 15.2 Å². The molecule has 20 heavy (non-hydrogen) atoms. The van der Waals surface area contributed by atoms with Crippen LogP contribution in [0.2, 0.25) is 0 Å². The molecule has 0 amide bonds. The molecule has 0 heterocycles. The van der Waals surface area contributed by atoms with Crippen LogP contribution in [0.4, 0.5) is 0 Å². The van der Waals surface area contributed by atoms with Crippen LogP contribution in [0, 0.1) is 5.92 Å². The van der Waals surface area contributed by atoms with Gasteiger partial charge in [-0.2, -0.15) is 0 Å². The van der Waals surface area contributed by atoms with Crippen molar-refractivity contribution in [2.24, 2.45) is 11.7 Å². The molecule has 0 spiro atoms. The van der Waals surface area contributed by atoms with Crippen molar-refractivity contribution in [1.29, 1.82) is 0 Å². The second kappa shape index (κ2) is 7.06. The third-order valence-electron chi connectivity index (χ3n) is 3.59. The lowest BCUT2D eigenvalue weighted by Gasteiger charge is -2.25. The Morgan fingerprint density at radius 2 is 1.95 bits per heavy atom. The Kier molecular flexibility index (Phi) is 5.39. The normalized spacial score (nSPS) is 15.8. The second-order valence-corrected chi connectivity index (χ2v) is 6.86. The van der Waals surface area contributed by atoms with E-state index < -0.39 is 10.0 Å². The van der Waals surface area contributed by atoms with E-state index in [-0.39, 0.29) is 4.90 Å². The van der Waals surface area contributed by atoms with Crippen LogP contribution in [0.25, 0.3) is 0 Å². The summed E-state index contributed by atoms with van der Waals surface area (Å²) in [6.07, 6.45) is 4.67. The second-order valence-electron chi connectivity index (χ2n) is 5.09. The van der Waals surface area contributed by atoms with E-state index in [2.05, 4.69) is 4.72 Å². The Morgan fingerprint density at radius 1 is 1.25 bits per heavy atom. The van der Waals surface area contributed by atoms with Crippen LogP contribution in [0.5, 0.6) is 5.75 Å². The average molecular weight is 298 g/mol. The lowest BCUT2D eigenvalue weighted by atomic mass is 9.83. The van der Waals surface area contributed by atoms with Gasteiger partial charge >= 0.3 is 0 Å². The van der Waals surface area contributed by atoms with Crippen LogP contribution in [-0.4, -0.2) is 28.1 Å². The van der Waals surface area contributed by atoms with E-state index in [4.69, 9.17) is 10.5 Å². The molecule has 112 valence electrons.